The molecule has 1 fully saturated rings. The Balaban J connectivity index is 0.00000288. The molecule has 2 N–H and O–H groups in total. The van der Waals surface area contributed by atoms with E-state index in [9.17, 15) is 9.59 Å². The van der Waals surface area contributed by atoms with Crippen LogP contribution in [0.4, 0.5) is 5.95 Å². The Morgan fingerprint density at radius 1 is 1.25 bits per heavy atom. The van der Waals surface area contributed by atoms with E-state index in [0.717, 1.165) is 25.9 Å². The molecule has 2 rings (SSSR count). The van der Waals surface area contributed by atoms with Crippen LogP contribution in [0.15, 0.2) is 6.33 Å². The largest absolute Gasteiger partial charge is 0.341 e. The zero-order valence-electron chi connectivity index (χ0n) is 14.3. The lowest BCUT2D eigenvalue weighted by atomic mass is 10.2. The highest BCUT2D eigenvalue weighted by Gasteiger charge is 2.17. The Bertz CT molecular complexity index is 528. The van der Waals surface area contributed by atoms with Crippen LogP contribution >= 0.6 is 12.4 Å². The molecule has 0 aliphatic carbocycles. The van der Waals surface area contributed by atoms with Gasteiger partial charge in [0.1, 0.15) is 12.9 Å². The first-order valence-corrected chi connectivity index (χ1v) is 8.23. The second-order valence-electron chi connectivity index (χ2n) is 6.01. The quantitative estimate of drug-likeness (QED) is 0.788. The SMILES string of the molecule is CNCC(C)C(=O)Nc1ncn(CC(=O)N2CCCCCC2)n1.Cl. The van der Waals surface area contributed by atoms with Gasteiger partial charge in [0.15, 0.2) is 0 Å². The third-order valence-corrected chi connectivity index (χ3v) is 3.99. The van der Waals surface area contributed by atoms with Crippen molar-refractivity contribution in [2.75, 3.05) is 32.0 Å². The second kappa shape index (κ2) is 10.2. The lowest BCUT2D eigenvalue weighted by Crippen LogP contribution is -2.34. The molecular weight excluding hydrogens is 332 g/mol. The number of rotatable bonds is 6. The van der Waals surface area contributed by atoms with E-state index in [2.05, 4.69) is 20.7 Å². The van der Waals surface area contributed by atoms with E-state index >= 15 is 0 Å². The second-order valence-corrected chi connectivity index (χ2v) is 6.01. The van der Waals surface area contributed by atoms with Gasteiger partial charge in [-0.05, 0) is 19.9 Å². The monoisotopic (exact) mass is 358 g/mol. The minimum absolute atomic E-state index is 0. The highest BCUT2D eigenvalue weighted by atomic mass is 35.5. The fraction of sp³-hybridized carbons (Fsp3) is 0.733. The van der Waals surface area contributed by atoms with Crippen molar-refractivity contribution in [2.45, 2.75) is 39.2 Å². The Morgan fingerprint density at radius 3 is 2.54 bits per heavy atom. The summed E-state index contributed by atoms with van der Waals surface area (Å²) in [6.07, 6.45) is 5.98. The average Bonchev–Trinajstić information content (AvgIpc) is 2.79. The summed E-state index contributed by atoms with van der Waals surface area (Å²) in [5.41, 5.74) is 0. The first-order chi connectivity index (χ1) is 11.1. The first kappa shape index (κ1) is 20.4. The van der Waals surface area contributed by atoms with Crippen molar-refractivity contribution in [3.8, 4) is 0 Å². The Morgan fingerprint density at radius 2 is 1.92 bits per heavy atom. The first-order valence-electron chi connectivity index (χ1n) is 8.23. The standard InChI is InChI=1S/C15H26N6O2.ClH/c1-12(9-16-2)14(23)18-15-17-11-21(19-15)10-13(22)20-7-5-3-4-6-8-20;/h11-12,16H,3-10H2,1-2H3,(H,18,19,23);1H. The number of carbonyl (C=O) groups is 2. The summed E-state index contributed by atoms with van der Waals surface area (Å²) >= 11 is 0. The van der Waals surface area contributed by atoms with Gasteiger partial charge in [0.2, 0.25) is 17.8 Å². The van der Waals surface area contributed by atoms with Crippen LogP contribution in [-0.4, -0.2) is 58.2 Å². The van der Waals surface area contributed by atoms with Crippen molar-refractivity contribution < 1.29 is 9.59 Å². The van der Waals surface area contributed by atoms with E-state index < -0.39 is 0 Å². The van der Waals surface area contributed by atoms with Crippen LogP contribution in [-0.2, 0) is 16.1 Å². The van der Waals surface area contributed by atoms with E-state index in [1.165, 1.54) is 23.9 Å². The van der Waals surface area contributed by atoms with Crippen molar-refractivity contribution in [3.63, 3.8) is 0 Å². The fourth-order valence-electron chi connectivity index (χ4n) is 2.62. The molecule has 0 radical (unpaired) electrons. The van der Waals surface area contributed by atoms with Gasteiger partial charge in [-0.2, -0.15) is 0 Å². The number of carbonyl (C=O) groups excluding carboxylic acids is 2. The van der Waals surface area contributed by atoms with E-state index in [4.69, 9.17) is 0 Å². The molecule has 0 spiro atoms. The molecule has 0 aromatic carbocycles. The van der Waals surface area contributed by atoms with Gasteiger partial charge in [-0.3, -0.25) is 14.9 Å². The van der Waals surface area contributed by atoms with Gasteiger partial charge in [-0.25, -0.2) is 9.67 Å². The molecule has 1 aromatic heterocycles. The summed E-state index contributed by atoms with van der Waals surface area (Å²) in [7, 11) is 1.80. The zero-order chi connectivity index (χ0) is 16.7. The van der Waals surface area contributed by atoms with Crippen molar-refractivity contribution in [2.24, 2.45) is 5.92 Å². The molecule has 9 heteroatoms. The van der Waals surface area contributed by atoms with Gasteiger partial charge in [0.25, 0.3) is 0 Å². The Kier molecular flexibility index (Phi) is 8.70. The molecule has 1 aliphatic rings. The molecule has 8 nitrogen and oxygen atoms in total. The molecule has 1 unspecified atom stereocenters. The maximum absolute atomic E-state index is 12.3. The number of amides is 2. The fourth-order valence-corrected chi connectivity index (χ4v) is 2.62. The van der Waals surface area contributed by atoms with E-state index in [-0.39, 0.29) is 42.6 Å². The third kappa shape index (κ3) is 6.09. The lowest BCUT2D eigenvalue weighted by molar-refractivity contribution is -0.132. The number of halogens is 1. The van der Waals surface area contributed by atoms with Gasteiger partial charge in [-0.1, -0.05) is 19.8 Å². The van der Waals surface area contributed by atoms with Gasteiger partial charge in [0, 0.05) is 25.6 Å². The van der Waals surface area contributed by atoms with Crippen LogP contribution < -0.4 is 10.6 Å². The molecule has 0 saturated carbocycles. The average molecular weight is 359 g/mol. The summed E-state index contributed by atoms with van der Waals surface area (Å²) in [5.74, 6) is -0.0264. The third-order valence-electron chi connectivity index (χ3n) is 3.99. The molecule has 1 aliphatic heterocycles. The normalized spacial score (nSPS) is 16.0. The summed E-state index contributed by atoms with van der Waals surface area (Å²) < 4.78 is 1.48. The summed E-state index contributed by atoms with van der Waals surface area (Å²) in [6.45, 7) is 4.21. The van der Waals surface area contributed by atoms with Gasteiger partial charge in [-0.15, -0.1) is 17.5 Å². The van der Waals surface area contributed by atoms with Crippen molar-refractivity contribution >= 4 is 30.2 Å². The number of hydrogen-bond donors (Lipinski definition) is 2. The maximum Gasteiger partial charge on any atom is 0.248 e. The summed E-state index contributed by atoms with van der Waals surface area (Å²) in [6, 6.07) is 0. The minimum atomic E-state index is -0.175. The number of aromatic nitrogens is 3. The van der Waals surface area contributed by atoms with Crippen molar-refractivity contribution in [3.05, 3.63) is 6.33 Å². The molecular formula is C15H27ClN6O2. The van der Waals surface area contributed by atoms with Gasteiger partial charge >= 0.3 is 0 Å². The Hall–Kier alpha value is -1.67. The number of hydrogen-bond acceptors (Lipinski definition) is 5. The predicted octanol–water partition coefficient (Wildman–Crippen LogP) is 0.896. The molecule has 24 heavy (non-hydrogen) atoms. The molecule has 1 saturated heterocycles. The molecule has 136 valence electrons. The van der Waals surface area contributed by atoms with Gasteiger partial charge in [0.05, 0.1) is 0 Å². The highest BCUT2D eigenvalue weighted by Crippen LogP contribution is 2.10. The van der Waals surface area contributed by atoms with E-state index in [1.807, 2.05) is 11.8 Å². The summed E-state index contributed by atoms with van der Waals surface area (Å²) in [5, 5.41) is 9.77. The highest BCUT2D eigenvalue weighted by molar-refractivity contribution is 5.90. The molecule has 2 heterocycles. The number of anilines is 1. The topological polar surface area (TPSA) is 92.2 Å². The van der Waals surface area contributed by atoms with Crippen LogP contribution in [0.1, 0.15) is 32.6 Å². The van der Waals surface area contributed by atoms with E-state index in [0.29, 0.717) is 6.54 Å². The number of nitrogens with one attached hydrogen (secondary N) is 2. The van der Waals surface area contributed by atoms with Crippen LogP contribution in [0.2, 0.25) is 0 Å². The van der Waals surface area contributed by atoms with Crippen molar-refractivity contribution in [1.82, 2.24) is 25.0 Å². The number of nitrogens with zero attached hydrogens (tertiary/aromatic N) is 4. The maximum atomic E-state index is 12.3. The Labute approximate surface area is 148 Å². The predicted molar refractivity (Wildman–Crippen MR) is 94.0 cm³/mol. The van der Waals surface area contributed by atoms with E-state index in [1.54, 1.807) is 7.05 Å². The van der Waals surface area contributed by atoms with Gasteiger partial charge < -0.3 is 10.2 Å². The molecule has 1 atom stereocenters. The lowest BCUT2D eigenvalue weighted by Gasteiger charge is -2.19. The van der Waals surface area contributed by atoms with Crippen LogP contribution in [0.25, 0.3) is 0 Å². The summed E-state index contributed by atoms with van der Waals surface area (Å²) in [4.78, 5) is 30.1. The zero-order valence-corrected chi connectivity index (χ0v) is 15.1. The minimum Gasteiger partial charge on any atom is -0.341 e. The van der Waals surface area contributed by atoms with Crippen LogP contribution in [0.5, 0.6) is 0 Å². The number of likely N-dealkylation sites (tertiary alicyclic amines) is 1. The molecule has 1 aromatic rings. The van der Waals surface area contributed by atoms with Crippen LogP contribution in [0.3, 0.4) is 0 Å². The smallest absolute Gasteiger partial charge is 0.248 e. The van der Waals surface area contributed by atoms with Crippen LogP contribution in [0, 0.1) is 5.92 Å². The molecule has 2 amide bonds. The van der Waals surface area contributed by atoms with Crippen molar-refractivity contribution in [1.29, 1.82) is 0 Å². The molecule has 0 bridgehead atoms.